The molecule has 2 rings (SSSR count). The lowest BCUT2D eigenvalue weighted by Crippen LogP contribution is -2.14. The molecule has 3 N–H and O–H groups in total. The highest BCUT2D eigenvalue weighted by atomic mass is 19.1. The summed E-state index contributed by atoms with van der Waals surface area (Å²) in [7, 11) is 0. The van der Waals surface area contributed by atoms with Gasteiger partial charge in [0.2, 0.25) is 0 Å². The molecule has 2 aromatic carbocycles. The lowest BCUT2D eigenvalue weighted by atomic mass is 10.2. The molecule has 4 nitrogen and oxygen atoms in total. The van der Waals surface area contributed by atoms with Crippen LogP contribution in [0.5, 0.6) is 11.5 Å². The number of benzene rings is 2. The van der Waals surface area contributed by atoms with Crippen LogP contribution in [0.2, 0.25) is 0 Å². The number of oxime groups is 1. The van der Waals surface area contributed by atoms with Gasteiger partial charge in [-0.05, 0) is 24.3 Å². The number of halogens is 4. The minimum Gasteiger partial charge on any atom is -0.448 e. The Kier molecular flexibility index (Phi) is 3.97. The van der Waals surface area contributed by atoms with Gasteiger partial charge in [-0.1, -0.05) is 5.16 Å². The van der Waals surface area contributed by atoms with E-state index in [1.807, 2.05) is 0 Å². The molecule has 2 aromatic rings. The molecule has 0 atom stereocenters. The molecule has 0 heterocycles. The zero-order chi connectivity index (χ0) is 15.6. The standard InChI is InChI=1S/C13H8F4N2O2/c14-7-1-2-11(8(15)5-7)21-12-9(16)3-6(4-10(12)17)13(18)19-20/h1-5,20H,(H2,18,19). The zero-order valence-electron chi connectivity index (χ0n) is 10.3. The van der Waals surface area contributed by atoms with Crippen LogP contribution in [0.1, 0.15) is 5.56 Å². The van der Waals surface area contributed by atoms with E-state index in [0.717, 1.165) is 24.3 Å². The smallest absolute Gasteiger partial charge is 0.198 e. The maximum absolute atomic E-state index is 13.8. The zero-order valence-corrected chi connectivity index (χ0v) is 10.3. The first kappa shape index (κ1) is 14.6. The maximum Gasteiger partial charge on any atom is 0.198 e. The second kappa shape index (κ2) is 5.70. The largest absolute Gasteiger partial charge is 0.448 e. The molecule has 110 valence electrons. The molecule has 0 aromatic heterocycles. The van der Waals surface area contributed by atoms with Gasteiger partial charge in [-0.15, -0.1) is 0 Å². The molecule has 0 saturated carbocycles. The predicted octanol–water partition coefficient (Wildman–Crippen LogP) is 3.13. The van der Waals surface area contributed by atoms with Crippen LogP contribution >= 0.6 is 0 Å². The normalized spacial score (nSPS) is 11.5. The van der Waals surface area contributed by atoms with Gasteiger partial charge in [0.15, 0.2) is 34.8 Å². The van der Waals surface area contributed by atoms with E-state index in [1.165, 1.54) is 0 Å². The molecule has 0 unspecified atom stereocenters. The van der Waals surface area contributed by atoms with Gasteiger partial charge in [0.05, 0.1) is 0 Å². The van der Waals surface area contributed by atoms with Crippen LogP contribution in [-0.4, -0.2) is 11.0 Å². The Hall–Kier alpha value is -2.77. The van der Waals surface area contributed by atoms with Gasteiger partial charge in [-0.3, -0.25) is 0 Å². The third-order valence-electron chi connectivity index (χ3n) is 2.51. The number of nitrogens with two attached hydrogens (primary N) is 1. The van der Waals surface area contributed by atoms with E-state index in [1.54, 1.807) is 0 Å². The van der Waals surface area contributed by atoms with Crippen LogP contribution in [0.4, 0.5) is 17.6 Å². The molecule has 0 aliphatic heterocycles. The monoisotopic (exact) mass is 300 g/mol. The summed E-state index contributed by atoms with van der Waals surface area (Å²) in [5.74, 6) is -6.31. The Balaban J connectivity index is 2.41. The fourth-order valence-corrected chi connectivity index (χ4v) is 1.53. The van der Waals surface area contributed by atoms with Crippen molar-refractivity contribution in [1.82, 2.24) is 0 Å². The van der Waals surface area contributed by atoms with E-state index in [9.17, 15) is 17.6 Å². The summed E-state index contributed by atoms with van der Waals surface area (Å²) in [4.78, 5) is 0. The van der Waals surface area contributed by atoms with Gasteiger partial charge in [-0.25, -0.2) is 17.6 Å². The first-order valence-corrected chi connectivity index (χ1v) is 5.52. The first-order valence-electron chi connectivity index (χ1n) is 5.52. The first-order chi connectivity index (χ1) is 9.92. The lowest BCUT2D eigenvalue weighted by Gasteiger charge is -2.10. The number of hydrogen-bond donors (Lipinski definition) is 2. The average molecular weight is 300 g/mol. The molecule has 0 amide bonds. The second-order valence-corrected chi connectivity index (χ2v) is 3.93. The van der Waals surface area contributed by atoms with E-state index in [4.69, 9.17) is 15.7 Å². The summed E-state index contributed by atoms with van der Waals surface area (Å²) in [5, 5.41) is 11.0. The fourth-order valence-electron chi connectivity index (χ4n) is 1.53. The molecule has 0 bridgehead atoms. The Morgan fingerprint density at radius 2 is 1.62 bits per heavy atom. The lowest BCUT2D eigenvalue weighted by molar-refractivity contribution is 0.318. The maximum atomic E-state index is 13.8. The number of hydrogen-bond acceptors (Lipinski definition) is 3. The molecule has 0 fully saturated rings. The molecule has 0 aliphatic carbocycles. The minimum atomic E-state index is -1.19. The number of amidine groups is 1. The summed E-state index contributed by atoms with van der Waals surface area (Å²) in [6.45, 7) is 0. The van der Waals surface area contributed by atoms with Crippen molar-refractivity contribution in [3.8, 4) is 11.5 Å². The van der Waals surface area contributed by atoms with Gasteiger partial charge in [-0.2, -0.15) is 0 Å². The van der Waals surface area contributed by atoms with Crippen molar-refractivity contribution >= 4 is 5.84 Å². The van der Waals surface area contributed by atoms with Crippen molar-refractivity contribution in [3.63, 3.8) is 0 Å². The fraction of sp³-hybridized carbons (Fsp3) is 0. The highest BCUT2D eigenvalue weighted by Gasteiger charge is 2.17. The van der Waals surface area contributed by atoms with Crippen molar-refractivity contribution in [1.29, 1.82) is 0 Å². The van der Waals surface area contributed by atoms with Crippen LogP contribution < -0.4 is 10.5 Å². The number of ether oxygens (including phenoxy) is 1. The third kappa shape index (κ3) is 3.04. The van der Waals surface area contributed by atoms with Crippen molar-refractivity contribution in [2.45, 2.75) is 0 Å². The second-order valence-electron chi connectivity index (χ2n) is 3.93. The molecule has 0 saturated heterocycles. The molecular weight excluding hydrogens is 292 g/mol. The quantitative estimate of drug-likeness (QED) is 0.301. The molecule has 0 spiro atoms. The van der Waals surface area contributed by atoms with Crippen molar-refractivity contribution in [2.24, 2.45) is 10.9 Å². The van der Waals surface area contributed by atoms with Crippen molar-refractivity contribution in [3.05, 3.63) is 59.2 Å². The van der Waals surface area contributed by atoms with E-state index in [-0.39, 0.29) is 5.56 Å². The van der Waals surface area contributed by atoms with Crippen LogP contribution in [0.25, 0.3) is 0 Å². The predicted molar refractivity (Wildman–Crippen MR) is 65.3 cm³/mol. The number of rotatable bonds is 3. The summed E-state index contributed by atoms with van der Waals surface area (Å²) >= 11 is 0. The number of nitrogens with zero attached hydrogens (tertiary/aromatic N) is 1. The highest BCUT2D eigenvalue weighted by Crippen LogP contribution is 2.30. The van der Waals surface area contributed by atoms with Crippen molar-refractivity contribution < 1.29 is 27.5 Å². The molecule has 0 aliphatic rings. The Bertz CT molecular complexity index is 696. The molecule has 8 heteroatoms. The van der Waals surface area contributed by atoms with E-state index in [0.29, 0.717) is 6.07 Å². The molecule has 0 radical (unpaired) electrons. The van der Waals surface area contributed by atoms with Gasteiger partial charge < -0.3 is 15.7 Å². The Labute approximate surface area is 116 Å². The highest BCUT2D eigenvalue weighted by molar-refractivity contribution is 5.97. The topological polar surface area (TPSA) is 67.8 Å². The summed E-state index contributed by atoms with van der Waals surface area (Å²) in [5.41, 5.74) is 4.98. The summed E-state index contributed by atoms with van der Waals surface area (Å²) in [6, 6.07) is 3.76. The Morgan fingerprint density at radius 1 is 1.00 bits per heavy atom. The van der Waals surface area contributed by atoms with Gasteiger partial charge in [0.25, 0.3) is 0 Å². The van der Waals surface area contributed by atoms with Crippen LogP contribution in [0.15, 0.2) is 35.5 Å². The minimum absolute atomic E-state index is 0.223. The van der Waals surface area contributed by atoms with E-state index >= 15 is 0 Å². The van der Waals surface area contributed by atoms with Gasteiger partial charge in [0.1, 0.15) is 5.82 Å². The van der Waals surface area contributed by atoms with Crippen molar-refractivity contribution in [2.75, 3.05) is 0 Å². The van der Waals surface area contributed by atoms with Gasteiger partial charge >= 0.3 is 0 Å². The third-order valence-corrected chi connectivity index (χ3v) is 2.51. The molecular formula is C13H8F4N2O2. The van der Waals surface area contributed by atoms with Crippen LogP contribution in [0, 0.1) is 23.3 Å². The van der Waals surface area contributed by atoms with Crippen LogP contribution in [0.3, 0.4) is 0 Å². The summed E-state index contributed by atoms with van der Waals surface area (Å²) < 4.78 is 58.4. The summed E-state index contributed by atoms with van der Waals surface area (Å²) in [6.07, 6.45) is 0. The van der Waals surface area contributed by atoms with Gasteiger partial charge in [0, 0.05) is 11.6 Å². The SMILES string of the molecule is N/C(=N/O)c1cc(F)c(Oc2ccc(F)cc2F)c(F)c1. The van der Waals surface area contributed by atoms with Crippen LogP contribution in [-0.2, 0) is 0 Å². The van der Waals surface area contributed by atoms with E-state index in [2.05, 4.69) is 5.16 Å². The van der Waals surface area contributed by atoms with E-state index < -0.39 is 40.6 Å². The Morgan fingerprint density at radius 3 is 2.14 bits per heavy atom. The average Bonchev–Trinajstić information content (AvgIpc) is 2.43. The molecule has 21 heavy (non-hydrogen) atoms.